The molecule has 1 heterocycles. The van der Waals surface area contributed by atoms with Gasteiger partial charge in [-0.1, -0.05) is 29.5 Å². The molecule has 0 aromatic rings. The quantitative estimate of drug-likeness (QED) is 0.314. The summed E-state index contributed by atoms with van der Waals surface area (Å²) in [5.74, 6) is -0.174. The van der Waals surface area contributed by atoms with Gasteiger partial charge in [-0.25, -0.2) is 0 Å². The first-order valence-corrected chi connectivity index (χ1v) is 8.76. The largest absolute Gasteiger partial charge is 0.462 e. The van der Waals surface area contributed by atoms with Crippen LogP contribution in [-0.4, -0.2) is 50.6 Å². The maximum Gasteiger partial charge on any atom is 0.318 e. The zero-order valence-corrected chi connectivity index (χ0v) is 15.8. The highest BCUT2D eigenvalue weighted by Crippen LogP contribution is 2.37. The van der Waals surface area contributed by atoms with Gasteiger partial charge in [0, 0.05) is 11.1 Å². The molecule has 124 valence electrons. The van der Waals surface area contributed by atoms with Crippen LogP contribution < -0.4 is 0 Å². The van der Waals surface area contributed by atoms with Gasteiger partial charge >= 0.3 is 5.97 Å². The molecule has 0 bridgehead atoms. The molecular weight excluding hydrogens is 385 g/mol. The molecule has 1 N–H and O–H groups in total. The van der Waals surface area contributed by atoms with Crippen LogP contribution in [0.3, 0.4) is 0 Å². The Morgan fingerprint density at radius 3 is 2.29 bits per heavy atom. The van der Waals surface area contributed by atoms with E-state index in [0.29, 0.717) is 13.2 Å². The van der Waals surface area contributed by atoms with E-state index in [1.807, 2.05) is 34.6 Å². The minimum atomic E-state index is -0.321. The number of esters is 1. The Morgan fingerprint density at radius 2 is 1.81 bits per heavy atom. The van der Waals surface area contributed by atoms with Crippen LogP contribution >= 0.6 is 22.6 Å². The Balaban J connectivity index is 2.38. The first-order valence-electron chi connectivity index (χ1n) is 7.51. The normalized spacial score (nSPS) is 23.8. The summed E-state index contributed by atoms with van der Waals surface area (Å²) >= 11 is 2.09. The number of alkyl halides is 1. The van der Waals surface area contributed by atoms with E-state index in [0.717, 1.165) is 19.3 Å². The van der Waals surface area contributed by atoms with Crippen molar-refractivity contribution < 1.29 is 19.5 Å². The van der Waals surface area contributed by atoms with Gasteiger partial charge in [-0.05, 0) is 47.0 Å². The molecule has 6 heteroatoms. The van der Waals surface area contributed by atoms with E-state index in [1.54, 1.807) is 0 Å². The summed E-state index contributed by atoms with van der Waals surface area (Å²) in [6, 6.07) is 0. The molecule has 0 aromatic heterocycles. The summed E-state index contributed by atoms with van der Waals surface area (Å²) in [6.45, 7) is 10.7. The van der Waals surface area contributed by atoms with Crippen molar-refractivity contribution in [2.45, 2.75) is 75.0 Å². The molecule has 0 aliphatic carbocycles. The summed E-state index contributed by atoms with van der Waals surface area (Å²) in [7, 11) is 0. The highest BCUT2D eigenvalue weighted by atomic mass is 127. The Bertz CT molecular complexity index is 342. The van der Waals surface area contributed by atoms with Crippen molar-refractivity contribution in [3.63, 3.8) is 0 Å². The molecule has 21 heavy (non-hydrogen) atoms. The number of carbonyl (C=O) groups is 1. The van der Waals surface area contributed by atoms with E-state index in [2.05, 4.69) is 22.6 Å². The Morgan fingerprint density at radius 1 is 1.29 bits per heavy atom. The van der Waals surface area contributed by atoms with Crippen molar-refractivity contribution in [1.29, 1.82) is 0 Å². The van der Waals surface area contributed by atoms with Gasteiger partial charge in [0.1, 0.15) is 10.5 Å². The highest BCUT2D eigenvalue weighted by molar-refractivity contribution is 14.1. The van der Waals surface area contributed by atoms with E-state index in [9.17, 15) is 10.0 Å². The van der Waals surface area contributed by atoms with Crippen molar-refractivity contribution in [2.24, 2.45) is 0 Å². The highest BCUT2D eigenvalue weighted by Gasteiger charge is 2.45. The smallest absolute Gasteiger partial charge is 0.318 e. The van der Waals surface area contributed by atoms with Crippen LogP contribution in [0.2, 0.25) is 0 Å². The third-order valence-electron chi connectivity index (χ3n) is 3.90. The number of hydrogen-bond acceptors (Lipinski definition) is 5. The molecule has 1 fully saturated rings. The van der Waals surface area contributed by atoms with Crippen LogP contribution in [0.4, 0.5) is 0 Å². The molecule has 1 aliphatic heterocycles. The number of rotatable bonds is 6. The van der Waals surface area contributed by atoms with Gasteiger partial charge in [0.25, 0.3) is 0 Å². The zero-order chi connectivity index (χ0) is 16.3. The maximum absolute atomic E-state index is 11.5. The van der Waals surface area contributed by atoms with Crippen LogP contribution in [0.25, 0.3) is 0 Å². The van der Waals surface area contributed by atoms with Crippen molar-refractivity contribution in [2.75, 3.05) is 13.2 Å². The van der Waals surface area contributed by atoms with E-state index >= 15 is 0 Å². The lowest BCUT2D eigenvalue weighted by atomic mass is 9.80. The summed E-state index contributed by atoms with van der Waals surface area (Å²) < 4.78 is 10.9. The monoisotopic (exact) mass is 413 g/mol. The standard InChI is InChI=1S/C15H28INO4/c1-6-12(16)13(18)21-8-7-20-11-9-14(2,3)17(19)15(4,5)10-11/h11-12,19H,6-10H2,1-5H3. The summed E-state index contributed by atoms with van der Waals surface area (Å²) in [6.07, 6.45) is 2.35. The minimum absolute atomic E-state index is 0.0682. The van der Waals surface area contributed by atoms with E-state index in [1.165, 1.54) is 5.06 Å². The molecule has 1 atom stereocenters. The summed E-state index contributed by atoms with van der Waals surface area (Å²) in [5.41, 5.74) is -0.642. The third-order valence-corrected chi connectivity index (χ3v) is 5.29. The first kappa shape index (κ1) is 19.1. The molecule has 0 spiro atoms. The number of nitrogens with zero attached hydrogens (tertiary/aromatic N) is 1. The third kappa shape index (κ3) is 5.33. The Labute approximate surface area is 141 Å². The van der Waals surface area contributed by atoms with E-state index in [4.69, 9.17) is 9.47 Å². The van der Waals surface area contributed by atoms with Gasteiger partial charge in [0.2, 0.25) is 0 Å². The van der Waals surface area contributed by atoms with Crippen molar-refractivity contribution >= 4 is 28.6 Å². The van der Waals surface area contributed by atoms with Gasteiger partial charge in [-0.15, -0.1) is 0 Å². The van der Waals surface area contributed by atoms with Gasteiger partial charge in [-0.2, -0.15) is 5.06 Å². The molecule has 0 radical (unpaired) electrons. The number of hydrogen-bond donors (Lipinski definition) is 1. The fraction of sp³-hybridized carbons (Fsp3) is 0.933. The van der Waals surface area contributed by atoms with E-state index < -0.39 is 0 Å². The van der Waals surface area contributed by atoms with Gasteiger partial charge < -0.3 is 14.7 Å². The van der Waals surface area contributed by atoms with Crippen molar-refractivity contribution in [1.82, 2.24) is 5.06 Å². The molecule has 0 saturated carbocycles. The van der Waals surface area contributed by atoms with Crippen LogP contribution in [0.15, 0.2) is 0 Å². The maximum atomic E-state index is 11.5. The molecule has 5 nitrogen and oxygen atoms in total. The lowest BCUT2D eigenvalue weighted by Gasteiger charge is -2.51. The number of piperidine rings is 1. The number of halogens is 1. The lowest BCUT2D eigenvalue weighted by Crippen LogP contribution is -2.60. The van der Waals surface area contributed by atoms with Crippen LogP contribution in [-0.2, 0) is 14.3 Å². The fourth-order valence-electron chi connectivity index (χ4n) is 2.91. The molecule has 0 aromatic carbocycles. The average Bonchev–Trinajstić information content (AvgIpc) is 2.39. The molecule has 1 unspecified atom stereocenters. The number of hydroxylamine groups is 2. The first-order chi connectivity index (χ1) is 9.60. The molecule has 0 amide bonds. The zero-order valence-electron chi connectivity index (χ0n) is 13.7. The van der Waals surface area contributed by atoms with Crippen LogP contribution in [0.5, 0.6) is 0 Å². The van der Waals surface area contributed by atoms with Crippen LogP contribution in [0.1, 0.15) is 53.9 Å². The Kier molecular flexibility index (Phi) is 6.89. The second kappa shape index (κ2) is 7.57. The van der Waals surface area contributed by atoms with Gasteiger partial charge in [-0.3, -0.25) is 4.79 Å². The molecular formula is C15H28INO4. The topological polar surface area (TPSA) is 59.0 Å². The molecule has 1 saturated heterocycles. The fourth-order valence-corrected chi connectivity index (χ4v) is 3.09. The summed E-state index contributed by atoms with van der Waals surface area (Å²) in [4.78, 5) is 11.5. The second-order valence-electron chi connectivity index (χ2n) is 6.88. The lowest BCUT2D eigenvalue weighted by molar-refractivity contribution is -0.261. The molecule has 1 rings (SSSR count). The summed E-state index contributed by atoms with van der Waals surface area (Å²) in [5, 5.41) is 11.7. The SMILES string of the molecule is CCC(I)C(=O)OCCOC1CC(C)(C)N(O)C(C)(C)C1. The van der Waals surface area contributed by atoms with Gasteiger partial charge in [0.15, 0.2) is 0 Å². The van der Waals surface area contributed by atoms with Crippen molar-refractivity contribution in [3.05, 3.63) is 0 Å². The molecule has 1 aliphatic rings. The predicted octanol–water partition coefficient (Wildman–Crippen LogP) is 3.17. The number of ether oxygens (including phenoxy) is 2. The average molecular weight is 413 g/mol. The number of carbonyl (C=O) groups excluding carboxylic acids is 1. The van der Waals surface area contributed by atoms with E-state index in [-0.39, 0.29) is 27.1 Å². The second-order valence-corrected chi connectivity index (χ2v) is 8.38. The Hall–Kier alpha value is 0.0800. The van der Waals surface area contributed by atoms with Gasteiger partial charge in [0.05, 0.1) is 12.7 Å². The minimum Gasteiger partial charge on any atom is -0.462 e. The van der Waals surface area contributed by atoms with Crippen molar-refractivity contribution in [3.8, 4) is 0 Å². The predicted molar refractivity (Wildman–Crippen MR) is 89.8 cm³/mol. The van der Waals surface area contributed by atoms with Crippen LogP contribution in [0, 0.1) is 0 Å².